The summed E-state index contributed by atoms with van der Waals surface area (Å²) in [5.41, 5.74) is 15.4. The molecule has 0 aliphatic carbocycles. The number of carbonyl (C=O) groups excluding carboxylic acids is 2. The molecule has 6 N–H and O–H groups in total. The van der Waals surface area contributed by atoms with Crippen LogP contribution in [0.4, 0.5) is 17.8 Å². The number of anilines is 3. The molecule has 0 aromatic carbocycles. The molecule has 0 atom stereocenters. The zero-order valence-electron chi connectivity index (χ0n) is 8.60. The van der Waals surface area contributed by atoms with Crippen LogP contribution in [0.3, 0.4) is 0 Å². The molecule has 0 radical (unpaired) electrons. The standard InChI is InChI=1S/C3H6N6.C3H6O.CH2O/c4-1-7-2(5)9-3(6)8-1;1-3(2)4;1-2/h(H6,4,5,6,7,8,9);1-2H3;1H2. The molecular formula is C7H14N6O2. The monoisotopic (exact) mass is 214 g/mol. The average molecular weight is 214 g/mol. The first kappa shape index (κ1) is 15.2. The lowest BCUT2D eigenvalue weighted by Gasteiger charge is -1.93. The molecule has 8 nitrogen and oxygen atoms in total. The third-order valence-corrected chi connectivity index (χ3v) is 0.687. The van der Waals surface area contributed by atoms with Crippen LogP contribution in [0.2, 0.25) is 0 Å². The van der Waals surface area contributed by atoms with Gasteiger partial charge in [0.25, 0.3) is 0 Å². The molecular weight excluding hydrogens is 200 g/mol. The zero-order chi connectivity index (χ0) is 12.4. The van der Waals surface area contributed by atoms with Crippen LogP contribution in [0.1, 0.15) is 13.8 Å². The van der Waals surface area contributed by atoms with E-state index >= 15 is 0 Å². The maximum absolute atomic E-state index is 9.44. The lowest BCUT2D eigenvalue weighted by Crippen LogP contribution is -2.05. The number of Topliss-reactive ketones (excluding diaryl/α,β-unsaturated/α-hetero) is 1. The number of hydrogen-bond acceptors (Lipinski definition) is 8. The zero-order valence-corrected chi connectivity index (χ0v) is 8.60. The lowest BCUT2D eigenvalue weighted by molar-refractivity contribution is -0.115. The molecule has 1 rings (SSSR count). The van der Waals surface area contributed by atoms with Gasteiger partial charge < -0.3 is 26.8 Å². The van der Waals surface area contributed by atoms with Gasteiger partial charge in [0.2, 0.25) is 17.8 Å². The Morgan fingerprint density at radius 1 is 0.933 bits per heavy atom. The summed E-state index contributed by atoms with van der Waals surface area (Å²) in [5, 5.41) is 0. The molecule has 1 aromatic heterocycles. The minimum Gasteiger partial charge on any atom is -0.368 e. The van der Waals surface area contributed by atoms with Gasteiger partial charge in [-0.25, -0.2) is 0 Å². The highest BCUT2D eigenvalue weighted by Crippen LogP contribution is 1.97. The highest BCUT2D eigenvalue weighted by molar-refractivity contribution is 5.72. The predicted molar refractivity (Wildman–Crippen MR) is 56.5 cm³/mol. The highest BCUT2D eigenvalue weighted by Gasteiger charge is 1.93. The van der Waals surface area contributed by atoms with Gasteiger partial charge in [0.05, 0.1) is 0 Å². The van der Waals surface area contributed by atoms with E-state index in [-0.39, 0.29) is 23.6 Å². The number of rotatable bonds is 0. The van der Waals surface area contributed by atoms with Gasteiger partial charge in [0, 0.05) is 0 Å². The molecule has 84 valence electrons. The summed E-state index contributed by atoms with van der Waals surface area (Å²) in [5.74, 6) is 0.292. The molecule has 0 amide bonds. The predicted octanol–water partition coefficient (Wildman–Crippen LogP) is -0.971. The van der Waals surface area contributed by atoms with Gasteiger partial charge >= 0.3 is 0 Å². The average Bonchev–Trinajstić information content (AvgIpc) is 2.03. The van der Waals surface area contributed by atoms with Gasteiger partial charge in [-0.1, -0.05) is 0 Å². The van der Waals surface area contributed by atoms with Crippen molar-refractivity contribution in [2.24, 2.45) is 0 Å². The number of aromatic nitrogens is 3. The number of carbonyl (C=O) groups is 2. The quantitative estimate of drug-likeness (QED) is 0.498. The Kier molecular flexibility index (Phi) is 8.48. The molecule has 0 fully saturated rings. The second-order valence-electron chi connectivity index (χ2n) is 2.32. The van der Waals surface area contributed by atoms with Crippen LogP contribution < -0.4 is 17.2 Å². The Morgan fingerprint density at radius 3 is 1.20 bits per heavy atom. The smallest absolute Gasteiger partial charge is 0.226 e. The fourth-order valence-electron chi connectivity index (χ4n) is 0.427. The van der Waals surface area contributed by atoms with Crippen molar-refractivity contribution in [3.8, 4) is 0 Å². The topological polar surface area (TPSA) is 151 Å². The second kappa shape index (κ2) is 8.35. The number of nitrogens with zero attached hydrogens (tertiary/aromatic N) is 3. The largest absolute Gasteiger partial charge is 0.368 e. The van der Waals surface area contributed by atoms with Crippen LogP contribution in [0, 0.1) is 0 Å². The van der Waals surface area contributed by atoms with Crippen LogP contribution in [0.25, 0.3) is 0 Å². The van der Waals surface area contributed by atoms with Gasteiger partial charge in [-0.15, -0.1) is 0 Å². The molecule has 0 spiro atoms. The number of ketones is 1. The summed E-state index contributed by atoms with van der Waals surface area (Å²) in [6, 6.07) is 0. The first-order chi connectivity index (χ1) is 6.91. The minimum absolute atomic E-state index is 0.0417. The first-order valence-corrected chi connectivity index (χ1v) is 3.70. The van der Waals surface area contributed by atoms with Crippen molar-refractivity contribution in [2.45, 2.75) is 13.8 Å². The van der Waals surface area contributed by atoms with Crippen LogP contribution in [0.5, 0.6) is 0 Å². The van der Waals surface area contributed by atoms with E-state index in [4.69, 9.17) is 22.0 Å². The van der Waals surface area contributed by atoms with Gasteiger partial charge in [-0.2, -0.15) is 15.0 Å². The van der Waals surface area contributed by atoms with E-state index < -0.39 is 0 Å². The Morgan fingerprint density at radius 2 is 1.07 bits per heavy atom. The van der Waals surface area contributed by atoms with Gasteiger partial charge in [-0.05, 0) is 13.8 Å². The Balaban J connectivity index is 0. The maximum atomic E-state index is 9.44. The van der Waals surface area contributed by atoms with Crippen molar-refractivity contribution in [1.82, 2.24) is 15.0 Å². The van der Waals surface area contributed by atoms with Crippen LogP contribution in [0.15, 0.2) is 0 Å². The molecule has 0 saturated carbocycles. The summed E-state index contributed by atoms with van der Waals surface area (Å²) in [6.45, 7) is 5.06. The molecule has 8 heteroatoms. The summed E-state index contributed by atoms with van der Waals surface area (Å²) in [4.78, 5) is 27.9. The van der Waals surface area contributed by atoms with E-state index in [1.165, 1.54) is 13.8 Å². The molecule has 1 aromatic rings. The van der Waals surface area contributed by atoms with Crippen molar-refractivity contribution < 1.29 is 9.59 Å². The highest BCUT2D eigenvalue weighted by atomic mass is 16.1. The van der Waals surface area contributed by atoms with E-state index in [1.54, 1.807) is 0 Å². The number of nitrogens with two attached hydrogens (primary N) is 3. The number of hydrogen-bond donors (Lipinski definition) is 3. The first-order valence-electron chi connectivity index (χ1n) is 3.70. The summed E-state index contributed by atoms with van der Waals surface area (Å²) < 4.78 is 0. The molecule has 0 unspecified atom stereocenters. The van der Waals surface area contributed by atoms with E-state index in [1.807, 2.05) is 6.79 Å². The van der Waals surface area contributed by atoms with Crippen molar-refractivity contribution in [2.75, 3.05) is 17.2 Å². The third kappa shape index (κ3) is 11.8. The van der Waals surface area contributed by atoms with Crippen molar-refractivity contribution >= 4 is 30.4 Å². The molecule has 0 saturated heterocycles. The normalized spacial score (nSPS) is 7.60. The fraction of sp³-hybridized carbons (Fsp3) is 0.286. The van der Waals surface area contributed by atoms with E-state index in [2.05, 4.69) is 15.0 Å². The Hall–Kier alpha value is -2.25. The maximum Gasteiger partial charge on any atom is 0.226 e. The molecule has 15 heavy (non-hydrogen) atoms. The van der Waals surface area contributed by atoms with Crippen LogP contribution >= 0.6 is 0 Å². The molecule has 0 bridgehead atoms. The second-order valence-corrected chi connectivity index (χ2v) is 2.32. The molecule has 1 heterocycles. The molecule has 0 aliphatic rings. The Labute approximate surface area is 86.9 Å². The lowest BCUT2D eigenvalue weighted by atomic mass is 10.6. The summed E-state index contributed by atoms with van der Waals surface area (Å²) >= 11 is 0. The third-order valence-electron chi connectivity index (χ3n) is 0.687. The van der Waals surface area contributed by atoms with Crippen molar-refractivity contribution in [3.63, 3.8) is 0 Å². The molecule has 0 aliphatic heterocycles. The van der Waals surface area contributed by atoms with Gasteiger partial charge in [0.15, 0.2) is 0 Å². The van der Waals surface area contributed by atoms with E-state index in [9.17, 15) is 4.79 Å². The number of nitrogen functional groups attached to an aromatic ring is 3. The summed E-state index contributed by atoms with van der Waals surface area (Å²) in [7, 11) is 0. The van der Waals surface area contributed by atoms with Crippen LogP contribution in [-0.4, -0.2) is 27.5 Å². The van der Waals surface area contributed by atoms with E-state index in [0.717, 1.165) is 0 Å². The fourth-order valence-corrected chi connectivity index (χ4v) is 0.427. The SMILES string of the molecule is C=O.CC(C)=O.Nc1nc(N)nc(N)n1. The summed E-state index contributed by atoms with van der Waals surface area (Å²) in [6.07, 6.45) is 0. The van der Waals surface area contributed by atoms with Crippen molar-refractivity contribution in [1.29, 1.82) is 0 Å². The van der Waals surface area contributed by atoms with Gasteiger partial charge in [-0.3, -0.25) is 0 Å². The van der Waals surface area contributed by atoms with E-state index in [0.29, 0.717) is 0 Å². The minimum atomic E-state index is 0.0417. The Bertz CT molecular complexity index is 262. The van der Waals surface area contributed by atoms with Crippen molar-refractivity contribution in [3.05, 3.63) is 0 Å². The van der Waals surface area contributed by atoms with Gasteiger partial charge in [0.1, 0.15) is 12.6 Å². The van der Waals surface area contributed by atoms with Crippen LogP contribution in [-0.2, 0) is 9.59 Å².